The van der Waals surface area contributed by atoms with E-state index in [1.807, 2.05) is 0 Å². The Labute approximate surface area is 76.5 Å². The smallest absolute Gasteiger partial charge is 0.381 e. The minimum absolute atomic E-state index is 0.0274. The van der Waals surface area contributed by atoms with Gasteiger partial charge in [-0.3, -0.25) is 4.79 Å². The summed E-state index contributed by atoms with van der Waals surface area (Å²) < 4.78 is 0. The van der Waals surface area contributed by atoms with Crippen LogP contribution in [0.1, 0.15) is 13.3 Å². The molecule has 0 aromatic heterocycles. The highest BCUT2D eigenvalue weighted by Gasteiger charge is 2.22. The van der Waals surface area contributed by atoms with Crippen molar-refractivity contribution in [3.8, 4) is 11.8 Å². The first kappa shape index (κ1) is 9.59. The van der Waals surface area contributed by atoms with Gasteiger partial charge in [-0.2, -0.15) is 0 Å². The lowest BCUT2D eigenvalue weighted by Gasteiger charge is -2.11. The van der Waals surface area contributed by atoms with Gasteiger partial charge in [0.1, 0.15) is 0 Å². The maximum absolute atomic E-state index is 10.9. The fourth-order valence-electron chi connectivity index (χ4n) is 1.33. The summed E-state index contributed by atoms with van der Waals surface area (Å²) in [6, 6.07) is 0. The summed E-state index contributed by atoms with van der Waals surface area (Å²) >= 11 is 0. The average Bonchev–Trinajstić information content (AvgIpc) is 2.48. The topological polar surface area (TPSA) is 57.6 Å². The maximum atomic E-state index is 10.9. The van der Waals surface area contributed by atoms with Gasteiger partial charge in [-0.1, -0.05) is 5.92 Å². The second kappa shape index (κ2) is 3.94. The number of rotatable bonds is 0. The molecule has 1 heterocycles. The molecule has 4 heteroatoms. The van der Waals surface area contributed by atoms with Crippen molar-refractivity contribution in [3.63, 3.8) is 0 Å². The molecule has 1 atom stereocenters. The van der Waals surface area contributed by atoms with E-state index in [0.29, 0.717) is 13.1 Å². The molecule has 1 fully saturated rings. The second-order valence-electron chi connectivity index (χ2n) is 3.03. The Morgan fingerprint density at radius 3 is 2.69 bits per heavy atom. The normalized spacial score (nSPS) is 20.7. The Bertz CT molecular complexity index is 287. The molecule has 1 amide bonds. The molecule has 1 aliphatic heterocycles. The molecule has 1 aliphatic rings. The van der Waals surface area contributed by atoms with Crippen LogP contribution in [0.2, 0.25) is 0 Å². The van der Waals surface area contributed by atoms with Crippen LogP contribution in [0.3, 0.4) is 0 Å². The molecule has 70 valence electrons. The number of amides is 1. The molecule has 1 saturated heterocycles. The van der Waals surface area contributed by atoms with Crippen LogP contribution in [-0.2, 0) is 9.59 Å². The Balaban J connectivity index is 2.47. The third-order valence-electron chi connectivity index (χ3n) is 2.02. The lowest BCUT2D eigenvalue weighted by molar-refractivity contribution is -0.130. The first-order valence-corrected chi connectivity index (χ1v) is 4.09. The number of nitrogens with zero attached hydrogens (tertiary/aromatic N) is 1. The average molecular weight is 181 g/mol. The molecule has 0 aromatic rings. The van der Waals surface area contributed by atoms with Gasteiger partial charge in [0.2, 0.25) is 5.91 Å². The van der Waals surface area contributed by atoms with Crippen molar-refractivity contribution in [3.05, 3.63) is 0 Å². The quantitative estimate of drug-likeness (QED) is 0.533. The molecule has 0 bridgehead atoms. The lowest BCUT2D eigenvalue weighted by atomic mass is 10.1. The van der Waals surface area contributed by atoms with Crippen LogP contribution in [0.25, 0.3) is 0 Å². The van der Waals surface area contributed by atoms with Gasteiger partial charge in [0.15, 0.2) is 0 Å². The maximum Gasteiger partial charge on any atom is 0.381 e. The number of hydrogen-bond acceptors (Lipinski definition) is 2. The third kappa shape index (κ3) is 2.79. The van der Waals surface area contributed by atoms with Crippen LogP contribution in [-0.4, -0.2) is 35.0 Å². The molecule has 1 rings (SSSR count). The molecule has 13 heavy (non-hydrogen) atoms. The van der Waals surface area contributed by atoms with Gasteiger partial charge in [0, 0.05) is 31.9 Å². The Kier molecular flexibility index (Phi) is 2.91. The van der Waals surface area contributed by atoms with Crippen LogP contribution < -0.4 is 0 Å². The predicted octanol–water partition coefficient (Wildman–Crippen LogP) is -0.0572. The summed E-state index contributed by atoms with van der Waals surface area (Å²) in [4.78, 5) is 22.7. The number of hydrogen-bond donors (Lipinski definition) is 1. The van der Waals surface area contributed by atoms with Crippen LogP contribution in [0.5, 0.6) is 0 Å². The summed E-state index contributed by atoms with van der Waals surface area (Å²) in [5, 5.41) is 8.29. The molecule has 0 spiro atoms. The monoisotopic (exact) mass is 181 g/mol. The van der Waals surface area contributed by atoms with Crippen LogP contribution in [0, 0.1) is 17.8 Å². The van der Waals surface area contributed by atoms with E-state index >= 15 is 0 Å². The summed E-state index contributed by atoms with van der Waals surface area (Å²) in [7, 11) is 0. The van der Waals surface area contributed by atoms with E-state index in [2.05, 4.69) is 11.8 Å². The fourth-order valence-corrected chi connectivity index (χ4v) is 1.33. The van der Waals surface area contributed by atoms with Gasteiger partial charge < -0.3 is 10.0 Å². The standard InChI is InChI=1S/C9H11NO3/c1-7(11)10-5-4-8(6-10)2-3-9(12)13/h8H,4-6H2,1H3,(H,12,13). The van der Waals surface area contributed by atoms with E-state index in [1.165, 1.54) is 6.92 Å². The van der Waals surface area contributed by atoms with Crippen LogP contribution in [0.15, 0.2) is 0 Å². The van der Waals surface area contributed by atoms with E-state index in [9.17, 15) is 9.59 Å². The van der Waals surface area contributed by atoms with Crippen molar-refractivity contribution in [2.45, 2.75) is 13.3 Å². The molecular formula is C9H11NO3. The Morgan fingerprint density at radius 1 is 1.54 bits per heavy atom. The molecule has 0 aromatic carbocycles. The number of aliphatic carboxylic acids is 1. The molecule has 4 nitrogen and oxygen atoms in total. The van der Waals surface area contributed by atoms with Crippen molar-refractivity contribution < 1.29 is 14.7 Å². The van der Waals surface area contributed by atoms with Gasteiger partial charge in [-0.25, -0.2) is 4.79 Å². The van der Waals surface area contributed by atoms with Crippen molar-refractivity contribution in [1.29, 1.82) is 0 Å². The summed E-state index contributed by atoms with van der Waals surface area (Å²) in [5.41, 5.74) is 0. The molecule has 0 radical (unpaired) electrons. The number of carboxylic acids is 1. The first-order valence-electron chi connectivity index (χ1n) is 4.09. The second-order valence-corrected chi connectivity index (χ2v) is 3.03. The van der Waals surface area contributed by atoms with Gasteiger partial charge in [-0.05, 0) is 6.42 Å². The number of carboxylic acid groups (broad SMARTS) is 1. The van der Waals surface area contributed by atoms with E-state index < -0.39 is 5.97 Å². The lowest BCUT2D eigenvalue weighted by Crippen LogP contribution is -2.25. The highest BCUT2D eigenvalue weighted by Crippen LogP contribution is 2.14. The number of likely N-dealkylation sites (tertiary alicyclic amines) is 1. The van der Waals surface area contributed by atoms with E-state index in [4.69, 9.17) is 5.11 Å². The zero-order valence-electron chi connectivity index (χ0n) is 7.41. The molecule has 0 saturated carbocycles. The van der Waals surface area contributed by atoms with E-state index in [-0.39, 0.29) is 11.8 Å². The highest BCUT2D eigenvalue weighted by molar-refractivity contribution is 5.86. The van der Waals surface area contributed by atoms with Crippen LogP contribution in [0.4, 0.5) is 0 Å². The van der Waals surface area contributed by atoms with E-state index in [0.717, 1.165) is 6.42 Å². The van der Waals surface area contributed by atoms with Crippen LogP contribution >= 0.6 is 0 Å². The largest absolute Gasteiger partial charge is 0.472 e. The summed E-state index contributed by atoms with van der Waals surface area (Å²) in [5.74, 6) is 3.64. The first-order chi connectivity index (χ1) is 6.09. The van der Waals surface area contributed by atoms with Crippen molar-refractivity contribution in [1.82, 2.24) is 4.90 Å². The molecule has 1 N–H and O–H groups in total. The minimum atomic E-state index is -1.11. The zero-order chi connectivity index (χ0) is 9.84. The Hall–Kier alpha value is -1.50. The van der Waals surface area contributed by atoms with Gasteiger partial charge in [0.05, 0.1) is 0 Å². The zero-order valence-corrected chi connectivity index (χ0v) is 7.41. The summed E-state index contributed by atoms with van der Waals surface area (Å²) in [6.07, 6.45) is 0.778. The van der Waals surface area contributed by atoms with Gasteiger partial charge in [0.25, 0.3) is 0 Å². The van der Waals surface area contributed by atoms with Gasteiger partial charge in [-0.15, -0.1) is 0 Å². The SMILES string of the molecule is CC(=O)N1CCC(C#CC(=O)O)C1. The number of carbonyl (C=O) groups is 2. The van der Waals surface area contributed by atoms with Crippen molar-refractivity contribution in [2.24, 2.45) is 5.92 Å². The molecular weight excluding hydrogens is 170 g/mol. The van der Waals surface area contributed by atoms with E-state index in [1.54, 1.807) is 4.90 Å². The predicted molar refractivity (Wildman–Crippen MR) is 45.8 cm³/mol. The van der Waals surface area contributed by atoms with Gasteiger partial charge >= 0.3 is 5.97 Å². The highest BCUT2D eigenvalue weighted by atomic mass is 16.4. The minimum Gasteiger partial charge on any atom is -0.472 e. The third-order valence-corrected chi connectivity index (χ3v) is 2.02. The molecule has 0 aliphatic carbocycles. The fraction of sp³-hybridized carbons (Fsp3) is 0.556. The molecule has 1 unspecified atom stereocenters. The summed E-state index contributed by atoms with van der Waals surface area (Å²) in [6.45, 7) is 2.76. The van der Waals surface area contributed by atoms with Crippen molar-refractivity contribution in [2.75, 3.05) is 13.1 Å². The Morgan fingerprint density at radius 2 is 2.23 bits per heavy atom. The number of carbonyl (C=O) groups excluding carboxylic acids is 1. The van der Waals surface area contributed by atoms with Crippen molar-refractivity contribution >= 4 is 11.9 Å².